The monoisotopic (exact) mass is 542 g/mol. The first kappa shape index (κ1) is 26.8. The number of hydrogen-bond donors (Lipinski definition) is 0. The summed E-state index contributed by atoms with van der Waals surface area (Å²) >= 11 is 0. The van der Waals surface area contributed by atoms with Crippen LogP contribution in [-0.2, 0) is 14.4 Å². The molecular formula is C31H30N2O7. The van der Waals surface area contributed by atoms with Crippen LogP contribution >= 0.6 is 0 Å². The zero-order valence-electron chi connectivity index (χ0n) is 22.6. The number of anilines is 1. The lowest BCUT2D eigenvalue weighted by molar-refractivity contribution is -0.112. The molecule has 0 aliphatic carbocycles. The Hall–Kier alpha value is -4.79. The molecule has 3 aromatic carbocycles. The fourth-order valence-corrected chi connectivity index (χ4v) is 4.74. The summed E-state index contributed by atoms with van der Waals surface area (Å²) < 4.78 is 22.7. The Morgan fingerprint density at radius 3 is 2.50 bits per heavy atom. The van der Waals surface area contributed by atoms with Crippen molar-refractivity contribution in [3.63, 3.8) is 0 Å². The van der Waals surface area contributed by atoms with Crippen LogP contribution in [0.4, 0.5) is 5.69 Å². The van der Waals surface area contributed by atoms with Gasteiger partial charge in [-0.3, -0.25) is 4.79 Å². The summed E-state index contributed by atoms with van der Waals surface area (Å²) in [5.41, 5.74) is 3.56. The highest BCUT2D eigenvalue weighted by atomic mass is 16.6. The van der Waals surface area contributed by atoms with Gasteiger partial charge in [-0.1, -0.05) is 23.4 Å². The van der Waals surface area contributed by atoms with E-state index in [0.717, 1.165) is 23.2 Å². The quantitative estimate of drug-likeness (QED) is 0.133. The van der Waals surface area contributed by atoms with Crippen LogP contribution in [0, 0.1) is 0 Å². The molecule has 0 saturated heterocycles. The third kappa shape index (κ3) is 5.22. The summed E-state index contributed by atoms with van der Waals surface area (Å²) in [4.78, 5) is 32.4. The Morgan fingerprint density at radius 2 is 1.75 bits per heavy atom. The number of nitrogens with zero attached hydrogens (tertiary/aromatic N) is 2. The molecule has 0 unspecified atom stereocenters. The highest BCUT2D eigenvalue weighted by molar-refractivity contribution is 6.54. The highest BCUT2D eigenvalue weighted by Crippen LogP contribution is 2.37. The summed E-state index contributed by atoms with van der Waals surface area (Å²) in [6, 6.07) is 20.2. The lowest BCUT2D eigenvalue weighted by atomic mass is 10.1. The number of ether oxygens (including phenoxy) is 3. The van der Waals surface area contributed by atoms with Crippen molar-refractivity contribution in [3.05, 3.63) is 77.9 Å². The minimum Gasteiger partial charge on any atom is -0.497 e. The van der Waals surface area contributed by atoms with Gasteiger partial charge in [-0.25, -0.2) is 4.79 Å². The van der Waals surface area contributed by atoms with Gasteiger partial charge >= 0.3 is 5.97 Å². The zero-order chi connectivity index (χ0) is 28.1. The van der Waals surface area contributed by atoms with Crippen molar-refractivity contribution >= 4 is 34.2 Å². The number of amides is 1. The maximum Gasteiger partial charge on any atom is 0.342 e. The van der Waals surface area contributed by atoms with Gasteiger partial charge in [0.15, 0.2) is 5.71 Å². The first-order chi connectivity index (χ1) is 19.5. The lowest BCUT2D eigenvalue weighted by Gasteiger charge is -2.16. The maximum absolute atomic E-state index is 13.0. The van der Waals surface area contributed by atoms with Gasteiger partial charge in [0.1, 0.15) is 35.5 Å². The molecule has 0 atom stereocenters. The van der Waals surface area contributed by atoms with E-state index < -0.39 is 5.97 Å². The van der Waals surface area contributed by atoms with Gasteiger partial charge in [0.25, 0.3) is 5.91 Å². The third-order valence-corrected chi connectivity index (χ3v) is 6.62. The number of oxime groups is 1. The van der Waals surface area contributed by atoms with Crippen LogP contribution in [0.25, 0.3) is 22.3 Å². The average Bonchev–Trinajstić information content (AvgIpc) is 3.48. The second kappa shape index (κ2) is 11.9. The lowest BCUT2D eigenvalue weighted by Crippen LogP contribution is -2.31. The molecular weight excluding hydrogens is 512 g/mol. The van der Waals surface area contributed by atoms with Crippen LogP contribution in [0.1, 0.15) is 35.7 Å². The van der Waals surface area contributed by atoms with E-state index in [-0.39, 0.29) is 12.5 Å². The normalized spacial score (nSPS) is 13.5. The maximum atomic E-state index is 13.0. The van der Waals surface area contributed by atoms with Gasteiger partial charge in [0.2, 0.25) is 0 Å². The molecule has 5 rings (SSSR count). The Balaban J connectivity index is 1.28. The first-order valence-corrected chi connectivity index (χ1v) is 13.1. The molecule has 9 nitrogen and oxygen atoms in total. The molecule has 206 valence electrons. The molecule has 4 aromatic rings. The minimum absolute atomic E-state index is 0.173. The minimum atomic E-state index is -0.462. The summed E-state index contributed by atoms with van der Waals surface area (Å²) in [5, 5.41) is 4.54. The van der Waals surface area contributed by atoms with Gasteiger partial charge in [-0.2, -0.15) is 0 Å². The largest absolute Gasteiger partial charge is 0.497 e. The first-order valence-electron chi connectivity index (χ1n) is 13.1. The van der Waals surface area contributed by atoms with E-state index in [4.69, 9.17) is 23.5 Å². The van der Waals surface area contributed by atoms with Crippen LogP contribution in [0.2, 0.25) is 0 Å². The van der Waals surface area contributed by atoms with Crippen LogP contribution in [0.5, 0.6) is 11.5 Å². The molecule has 1 amide bonds. The number of carbonyl (C=O) groups excluding carboxylic acids is 2. The molecule has 0 spiro atoms. The molecule has 40 heavy (non-hydrogen) atoms. The Morgan fingerprint density at radius 1 is 0.975 bits per heavy atom. The van der Waals surface area contributed by atoms with Crippen molar-refractivity contribution in [3.8, 4) is 22.8 Å². The van der Waals surface area contributed by atoms with Crippen molar-refractivity contribution in [1.82, 2.24) is 0 Å². The fraction of sp³-hybridized carbons (Fsp3) is 0.258. The average molecular weight is 543 g/mol. The summed E-state index contributed by atoms with van der Waals surface area (Å²) in [6.07, 6.45) is 1.44. The number of rotatable bonds is 11. The SMILES string of the molecule is CCOC(=O)c1c(-c2ccc(OC)cc2)oc2ccc(OCCCCN3C(=O)/C(=N/OC)c4ccccc43)cc12. The Kier molecular flexibility index (Phi) is 8.00. The van der Waals surface area contributed by atoms with E-state index in [1.165, 1.54) is 7.11 Å². The van der Waals surface area contributed by atoms with E-state index in [9.17, 15) is 9.59 Å². The smallest absolute Gasteiger partial charge is 0.342 e. The number of unbranched alkanes of at least 4 members (excludes halogenated alkanes) is 1. The van der Waals surface area contributed by atoms with Gasteiger partial charge < -0.3 is 28.4 Å². The number of para-hydroxylation sites is 1. The highest BCUT2D eigenvalue weighted by Gasteiger charge is 2.34. The number of hydrogen-bond acceptors (Lipinski definition) is 8. The van der Waals surface area contributed by atoms with Crippen LogP contribution < -0.4 is 14.4 Å². The van der Waals surface area contributed by atoms with Crippen LogP contribution in [0.3, 0.4) is 0 Å². The molecule has 9 heteroatoms. The van der Waals surface area contributed by atoms with Gasteiger partial charge in [0.05, 0.1) is 26.0 Å². The molecule has 1 aromatic heterocycles. The Bertz CT molecular complexity index is 1560. The number of furan rings is 1. The van der Waals surface area contributed by atoms with E-state index in [2.05, 4.69) is 5.16 Å². The van der Waals surface area contributed by atoms with Gasteiger partial charge in [-0.05, 0) is 68.3 Å². The molecule has 1 aliphatic heterocycles. The van der Waals surface area contributed by atoms with E-state index in [1.807, 2.05) is 54.6 Å². The summed E-state index contributed by atoms with van der Waals surface area (Å²) in [5.74, 6) is 1.11. The molecule has 0 bridgehead atoms. The predicted octanol–water partition coefficient (Wildman–Crippen LogP) is 5.84. The van der Waals surface area contributed by atoms with E-state index >= 15 is 0 Å². The zero-order valence-corrected chi connectivity index (χ0v) is 22.6. The standard InChI is InChI=1S/C31H30N2O7/c1-4-38-31(35)27-24-19-22(15-16-26(24)40-29(27)20-11-13-21(36-2)14-12-20)39-18-8-7-17-33-25-10-6-5-9-23(25)28(30(33)34)32-37-3/h5-6,9-16,19H,4,7-8,17-18H2,1-3H3/b32-28+. The third-order valence-electron chi connectivity index (χ3n) is 6.62. The van der Waals surface area contributed by atoms with Crippen LogP contribution in [0.15, 0.2) is 76.3 Å². The van der Waals surface area contributed by atoms with Crippen molar-refractivity contribution in [1.29, 1.82) is 0 Å². The van der Waals surface area contributed by atoms with Crippen LogP contribution in [-0.4, -0.2) is 51.6 Å². The van der Waals surface area contributed by atoms with E-state index in [0.29, 0.717) is 59.1 Å². The number of benzene rings is 3. The number of methoxy groups -OCH3 is 1. The second-order valence-corrected chi connectivity index (χ2v) is 9.07. The number of esters is 1. The molecule has 2 heterocycles. The van der Waals surface area contributed by atoms with Gasteiger partial charge in [0, 0.05) is 23.1 Å². The fourth-order valence-electron chi connectivity index (χ4n) is 4.74. The van der Waals surface area contributed by atoms with Crippen molar-refractivity contribution < 1.29 is 33.1 Å². The van der Waals surface area contributed by atoms with Crippen molar-refractivity contribution in [2.24, 2.45) is 5.16 Å². The van der Waals surface area contributed by atoms with E-state index in [1.54, 1.807) is 31.1 Å². The molecule has 0 saturated carbocycles. The molecule has 1 aliphatic rings. The number of carbonyl (C=O) groups is 2. The summed E-state index contributed by atoms with van der Waals surface area (Å²) in [6.45, 7) is 2.97. The van der Waals surface area contributed by atoms with Crippen molar-refractivity contribution in [2.45, 2.75) is 19.8 Å². The molecule has 0 radical (unpaired) electrons. The molecule has 0 fully saturated rings. The predicted molar refractivity (Wildman–Crippen MR) is 151 cm³/mol. The van der Waals surface area contributed by atoms with Crippen molar-refractivity contribution in [2.75, 3.05) is 38.9 Å². The Labute approximate surface area is 231 Å². The van der Waals surface area contributed by atoms with Gasteiger partial charge in [-0.15, -0.1) is 0 Å². The number of fused-ring (bicyclic) bond motifs is 2. The topological polar surface area (TPSA) is 99.8 Å². The second-order valence-electron chi connectivity index (χ2n) is 9.07. The summed E-state index contributed by atoms with van der Waals surface area (Å²) in [7, 11) is 3.03. The molecule has 0 N–H and O–H groups in total.